The number of rotatable bonds is 8. The van der Waals surface area contributed by atoms with Gasteiger partial charge in [-0.05, 0) is 55.5 Å². The minimum atomic E-state index is -0.663. The van der Waals surface area contributed by atoms with Crippen LogP contribution in [0.1, 0.15) is 23.7 Å². The Bertz CT molecular complexity index is 755. The zero-order chi connectivity index (χ0) is 18.9. The van der Waals surface area contributed by atoms with Crippen molar-refractivity contribution in [2.75, 3.05) is 12.3 Å². The van der Waals surface area contributed by atoms with Gasteiger partial charge in [0.25, 0.3) is 5.91 Å². The highest BCUT2D eigenvalue weighted by Crippen LogP contribution is 2.18. The Morgan fingerprint density at radius 3 is 2.54 bits per heavy atom. The quantitative estimate of drug-likeness (QED) is 0.527. The summed E-state index contributed by atoms with van der Waals surface area (Å²) in [4.78, 5) is 25.2. The van der Waals surface area contributed by atoms with Gasteiger partial charge >= 0.3 is 0 Å². The molecule has 0 heterocycles. The summed E-state index contributed by atoms with van der Waals surface area (Å²) in [7, 11) is 0. The van der Waals surface area contributed by atoms with Crippen LogP contribution in [0.5, 0.6) is 0 Å². The fourth-order valence-electron chi connectivity index (χ4n) is 2.14. The van der Waals surface area contributed by atoms with Crippen molar-refractivity contribution < 1.29 is 14.0 Å². The lowest BCUT2D eigenvalue weighted by Gasteiger charge is -2.14. The molecule has 4 nitrogen and oxygen atoms in total. The standard InChI is InChI=1S/C19H20ClFN2O2S/c1-13(23-19(25)16-5-2-3-6-17(16)20)18(24)22-11-4-12-26-15-9-7-14(21)8-10-15/h2-3,5-10,13H,4,11-12H2,1H3,(H,22,24)(H,23,25). The highest BCUT2D eigenvalue weighted by atomic mass is 35.5. The summed E-state index contributed by atoms with van der Waals surface area (Å²) in [5.74, 6) is -0.0940. The first-order chi connectivity index (χ1) is 12.5. The van der Waals surface area contributed by atoms with E-state index in [0.29, 0.717) is 17.1 Å². The highest BCUT2D eigenvalue weighted by Gasteiger charge is 2.17. The van der Waals surface area contributed by atoms with Crippen LogP contribution >= 0.6 is 23.4 Å². The van der Waals surface area contributed by atoms with Crippen LogP contribution in [0.4, 0.5) is 4.39 Å². The number of benzene rings is 2. The molecule has 1 atom stereocenters. The van der Waals surface area contributed by atoms with Crippen LogP contribution in [0.3, 0.4) is 0 Å². The fourth-order valence-corrected chi connectivity index (χ4v) is 3.22. The van der Waals surface area contributed by atoms with Crippen LogP contribution in [-0.2, 0) is 4.79 Å². The summed E-state index contributed by atoms with van der Waals surface area (Å²) < 4.78 is 12.8. The Morgan fingerprint density at radius 1 is 1.15 bits per heavy atom. The van der Waals surface area contributed by atoms with E-state index in [-0.39, 0.29) is 17.6 Å². The monoisotopic (exact) mass is 394 g/mol. The maximum Gasteiger partial charge on any atom is 0.253 e. The van der Waals surface area contributed by atoms with Gasteiger partial charge in [0.2, 0.25) is 5.91 Å². The third-order valence-corrected chi connectivity index (χ3v) is 4.99. The Morgan fingerprint density at radius 2 is 1.85 bits per heavy atom. The second kappa shape index (κ2) is 10.2. The maximum absolute atomic E-state index is 12.8. The molecule has 0 aliphatic heterocycles. The molecule has 0 aliphatic carbocycles. The average molecular weight is 395 g/mol. The molecule has 0 saturated carbocycles. The molecule has 0 fully saturated rings. The molecule has 0 bridgehead atoms. The number of hydrogen-bond donors (Lipinski definition) is 2. The molecule has 0 aliphatic rings. The number of nitrogens with one attached hydrogen (secondary N) is 2. The van der Waals surface area contributed by atoms with Gasteiger partial charge in [-0.25, -0.2) is 4.39 Å². The van der Waals surface area contributed by atoms with Crippen LogP contribution in [0.15, 0.2) is 53.4 Å². The summed E-state index contributed by atoms with van der Waals surface area (Å²) in [6.45, 7) is 2.12. The first-order valence-electron chi connectivity index (χ1n) is 8.19. The molecule has 0 spiro atoms. The highest BCUT2D eigenvalue weighted by molar-refractivity contribution is 7.99. The topological polar surface area (TPSA) is 58.2 Å². The van der Waals surface area contributed by atoms with Crippen LogP contribution in [-0.4, -0.2) is 30.2 Å². The number of carbonyl (C=O) groups excluding carboxylic acids is 2. The van der Waals surface area contributed by atoms with Crippen molar-refractivity contribution in [3.8, 4) is 0 Å². The van der Waals surface area contributed by atoms with E-state index in [1.807, 2.05) is 0 Å². The van der Waals surface area contributed by atoms with E-state index in [9.17, 15) is 14.0 Å². The summed E-state index contributed by atoms with van der Waals surface area (Å²) in [6.07, 6.45) is 0.763. The predicted molar refractivity (Wildman–Crippen MR) is 103 cm³/mol. The number of thioether (sulfide) groups is 1. The van der Waals surface area contributed by atoms with E-state index in [4.69, 9.17) is 11.6 Å². The first kappa shape index (κ1) is 20.3. The molecule has 0 saturated heterocycles. The molecule has 7 heteroatoms. The largest absolute Gasteiger partial charge is 0.354 e. The van der Waals surface area contributed by atoms with Gasteiger partial charge in [0.05, 0.1) is 10.6 Å². The molecule has 2 rings (SSSR count). The van der Waals surface area contributed by atoms with Crippen molar-refractivity contribution in [2.45, 2.75) is 24.3 Å². The van der Waals surface area contributed by atoms with E-state index in [0.717, 1.165) is 17.1 Å². The van der Waals surface area contributed by atoms with Crippen molar-refractivity contribution in [2.24, 2.45) is 0 Å². The fraction of sp³-hybridized carbons (Fsp3) is 0.263. The minimum Gasteiger partial charge on any atom is -0.354 e. The second-order valence-electron chi connectivity index (χ2n) is 5.62. The SMILES string of the molecule is CC(NC(=O)c1ccccc1Cl)C(=O)NCCCSc1ccc(F)cc1. The zero-order valence-electron chi connectivity index (χ0n) is 14.3. The Hall–Kier alpha value is -2.05. The molecule has 0 radical (unpaired) electrons. The number of carbonyl (C=O) groups is 2. The summed E-state index contributed by atoms with van der Waals surface area (Å²) >= 11 is 7.57. The molecule has 138 valence electrons. The van der Waals surface area contributed by atoms with Gasteiger partial charge in [-0.15, -0.1) is 11.8 Å². The molecular formula is C19H20ClFN2O2S. The van der Waals surface area contributed by atoms with Crippen molar-refractivity contribution in [1.82, 2.24) is 10.6 Å². The third kappa shape index (κ3) is 6.35. The van der Waals surface area contributed by atoms with Crippen molar-refractivity contribution in [3.63, 3.8) is 0 Å². The molecule has 2 N–H and O–H groups in total. The van der Waals surface area contributed by atoms with Gasteiger partial charge in [-0.1, -0.05) is 23.7 Å². The molecular weight excluding hydrogens is 375 g/mol. The van der Waals surface area contributed by atoms with Crippen LogP contribution in [0.25, 0.3) is 0 Å². The van der Waals surface area contributed by atoms with E-state index >= 15 is 0 Å². The van der Waals surface area contributed by atoms with Gasteiger partial charge in [0.15, 0.2) is 0 Å². The molecule has 26 heavy (non-hydrogen) atoms. The minimum absolute atomic E-state index is 0.253. The van der Waals surface area contributed by atoms with E-state index in [1.165, 1.54) is 12.1 Å². The van der Waals surface area contributed by atoms with Gasteiger partial charge in [0, 0.05) is 11.4 Å². The van der Waals surface area contributed by atoms with Gasteiger partial charge in [0.1, 0.15) is 11.9 Å². The Kier molecular flexibility index (Phi) is 7.94. The molecule has 2 aromatic rings. The summed E-state index contributed by atoms with van der Waals surface area (Å²) in [5, 5.41) is 5.76. The molecule has 2 amide bonds. The van der Waals surface area contributed by atoms with Crippen LogP contribution in [0.2, 0.25) is 5.02 Å². The van der Waals surface area contributed by atoms with Crippen molar-refractivity contribution >= 4 is 35.2 Å². The van der Waals surface area contributed by atoms with Gasteiger partial charge in [-0.2, -0.15) is 0 Å². The number of amides is 2. The predicted octanol–water partition coefficient (Wildman–Crippen LogP) is 3.90. The van der Waals surface area contributed by atoms with Crippen molar-refractivity contribution in [3.05, 3.63) is 64.9 Å². The first-order valence-corrected chi connectivity index (χ1v) is 9.55. The maximum atomic E-state index is 12.8. The Balaban J connectivity index is 1.68. The van der Waals surface area contributed by atoms with Gasteiger partial charge in [-0.3, -0.25) is 9.59 Å². The lowest BCUT2D eigenvalue weighted by molar-refractivity contribution is -0.122. The Labute approximate surface area is 161 Å². The second-order valence-corrected chi connectivity index (χ2v) is 7.20. The lowest BCUT2D eigenvalue weighted by Crippen LogP contribution is -2.45. The third-order valence-electron chi connectivity index (χ3n) is 3.56. The normalized spacial score (nSPS) is 11.7. The molecule has 1 unspecified atom stereocenters. The van der Waals surface area contributed by atoms with Gasteiger partial charge < -0.3 is 10.6 Å². The molecule has 0 aromatic heterocycles. The van der Waals surface area contributed by atoms with E-state index < -0.39 is 6.04 Å². The van der Waals surface area contributed by atoms with Crippen LogP contribution in [0, 0.1) is 5.82 Å². The lowest BCUT2D eigenvalue weighted by atomic mass is 10.2. The average Bonchev–Trinajstić information content (AvgIpc) is 2.63. The summed E-state index contributed by atoms with van der Waals surface area (Å²) in [5.41, 5.74) is 0.338. The zero-order valence-corrected chi connectivity index (χ0v) is 15.9. The summed E-state index contributed by atoms with van der Waals surface area (Å²) in [6, 6.07) is 12.3. The smallest absolute Gasteiger partial charge is 0.253 e. The number of halogens is 2. The molecule has 2 aromatic carbocycles. The van der Waals surface area contributed by atoms with E-state index in [1.54, 1.807) is 55.1 Å². The number of hydrogen-bond acceptors (Lipinski definition) is 3. The van der Waals surface area contributed by atoms with Crippen molar-refractivity contribution in [1.29, 1.82) is 0 Å². The van der Waals surface area contributed by atoms with Crippen LogP contribution < -0.4 is 10.6 Å². The van der Waals surface area contributed by atoms with E-state index in [2.05, 4.69) is 10.6 Å².